The van der Waals surface area contributed by atoms with Gasteiger partial charge in [-0.05, 0) is 12.8 Å². The first kappa shape index (κ1) is 10.9. The van der Waals surface area contributed by atoms with E-state index in [4.69, 9.17) is 5.73 Å². The SMILES string of the molecule is [CH2-][NH+]1CCC(C(N)C(=O)N2CCCC2)C1. The zero-order valence-electron chi connectivity index (χ0n) is 9.24. The molecule has 2 fully saturated rings. The molecule has 15 heavy (non-hydrogen) atoms. The second kappa shape index (κ2) is 4.49. The van der Waals surface area contributed by atoms with Crippen LogP contribution in [0.1, 0.15) is 19.3 Å². The molecule has 2 heterocycles. The Hall–Kier alpha value is -0.610. The van der Waals surface area contributed by atoms with E-state index in [2.05, 4.69) is 7.05 Å². The lowest BCUT2D eigenvalue weighted by Crippen LogP contribution is -3.05. The third-order valence-electron chi connectivity index (χ3n) is 3.63. The second-order valence-corrected chi connectivity index (χ2v) is 4.81. The molecule has 0 spiro atoms. The third kappa shape index (κ3) is 2.32. The van der Waals surface area contributed by atoms with E-state index in [1.54, 1.807) is 0 Å². The molecule has 4 nitrogen and oxygen atoms in total. The van der Waals surface area contributed by atoms with E-state index in [0.717, 1.165) is 45.4 Å². The van der Waals surface area contributed by atoms with E-state index in [1.165, 1.54) is 4.90 Å². The molecule has 3 atom stereocenters. The number of nitrogens with one attached hydrogen (secondary N) is 1. The summed E-state index contributed by atoms with van der Waals surface area (Å²) in [7, 11) is 3.96. The maximum absolute atomic E-state index is 12.0. The lowest BCUT2D eigenvalue weighted by molar-refractivity contribution is -0.841. The van der Waals surface area contributed by atoms with Crippen LogP contribution in [0.4, 0.5) is 0 Å². The van der Waals surface area contributed by atoms with Crippen LogP contribution in [0.25, 0.3) is 0 Å². The summed E-state index contributed by atoms with van der Waals surface area (Å²) in [5, 5.41) is 0. The van der Waals surface area contributed by atoms with Crippen molar-refractivity contribution in [2.24, 2.45) is 11.7 Å². The molecule has 0 saturated carbocycles. The highest BCUT2D eigenvalue weighted by atomic mass is 16.2. The standard InChI is InChI=1S/C11H21N3O/c1-13-7-4-9(8-13)10(12)11(15)14-5-2-3-6-14/h9-10,13H,1-8,12H2. The lowest BCUT2D eigenvalue weighted by Gasteiger charge is -2.23. The predicted molar refractivity (Wildman–Crippen MR) is 58.0 cm³/mol. The van der Waals surface area contributed by atoms with Crippen LogP contribution >= 0.6 is 0 Å². The van der Waals surface area contributed by atoms with Gasteiger partial charge in [0.1, 0.15) is 0 Å². The zero-order valence-corrected chi connectivity index (χ0v) is 9.24. The average Bonchev–Trinajstić information content (AvgIpc) is 2.85. The Morgan fingerprint density at radius 3 is 2.67 bits per heavy atom. The number of carbonyl (C=O) groups excluding carboxylic acids is 1. The van der Waals surface area contributed by atoms with Crippen molar-refractivity contribution in [1.29, 1.82) is 0 Å². The Bertz CT molecular complexity index is 238. The van der Waals surface area contributed by atoms with Gasteiger partial charge in [-0.25, -0.2) is 0 Å². The summed E-state index contributed by atoms with van der Waals surface area (Å²) in [5.74, 6) is 0.498. The summed E-state index contributed by atoms with van der Waals surface area (Å²) in [6, 6.07) is -0.289. The van der Waals surface area contributed by atoms with E-state index < -0.39 is 0 Å². The van der Waals surface area contributed by atoms with Gasteiger partial charge in [0.15, 0.2) is 0 Å². The van der Waals surface area contributed by atoms with Crippen molar-refractivity contribution < 1.29 is 9.69 Å². The first-order chi connectivity index (χ1) is 7.18. The van der Waals surface area contributed by atoms with Crippen LogP contribution in [-0.2, 0) is 4.79 Å². The van der Waals surface area contributed by atoms with Crippen LogP contribution in [0, 0.1) is 13.0 Å². The fraction of sp³-hybridized carbons (Fsp3) is 0.818. The molecule has 0 aromatic heterocycles. The summed E-state index contributed by atoms with van der Waals surface area (Å²) in [5.41, 5.74) is 6.03. The minimum Gasteiger partial charge on any atom is -0.468 e. The summed E-state index contributed by atoms with van der Waals surface area (Å²) in [6.45, 7) is 3.80. The van der Waals surface area contributed by atoms with Crippen LogP contribution in [0.15, 0.2) is 0 Å². The maximum Gasteiger partial charge on any atom is 0.240 e. The lowest BCUT2D eigenvalue weighted by atomic mass is 9.99. The molecule has 0 aromatic rings. The molecule has 86 valence electrons. The molecule has 2 aliphatic rings. The summed E-state index contributed by atoms with van der Waals surface area (Å²) < 4.78 is 0. The van der Waals surface area contributed by atoms with Crippen LogP contribution < -0.4 is 10.6 Å². The molecule has 0 aromatic carbocycles. The van der Waals surface area contributed by atoms with Gasteiger partial charge in [-0.3, -0.25) is 4.79 Å². The highest BCUT2D eigenvalue weighted by Gasteiger charge is 2.33. The number of hydrogen-bond donors (Lipinski definition) is 2. The van der Waals surface area contributed by atoms with Crippen LogP contribution in [-0.4, -0.2) is 43.0 Å². The van der Waals surface area contributed by atoms with E-state index in [9.17, 15) is 4.79 Å². The first-order valence-electron chi connectivity index (χ1n) is 5.89. The average molecular weight is 211 g/mol. The highest BCUT2D eigenvalue weighted by Crippen LogP contribution is 2.14. The van der Waals surface area contributed by atoms with Crippen molar-refractivity contribution in [3.05, 3.63) is 7.05 Å². The summed E-state index contributed by atoms with van der Waals surface area (Å²) in [4.78, 5) is 15.2. The fourth-order valence-corrected chi connectivity index (χ4v) is 2.62. The molecule has 0 aliphatic carbocycles. The van der Waals surface area contributed by atoms with Gasteiger partial charge in [-0.2, -0.15) is 7.05 Å². The van der Waals surface area contributed by atoms with Gasteiger partial charge in [0.25, 0.3) is 0 Å². The molecular formula is C11H21N3O. The Morgan fingerprint density at radius 2 is 2.13 bits per heavy atom. The summed E-state index contributed by atoms with van der Waals surface area (Å²) >= 11 is 0. The number of rotatable bonds is 2. The number of nitrogens with zero attached hydrogens (tertiary/aromatic N) is 1. The van der Waals surface area contributed by atoms with E-state index in [-0.39, 0.29) is 11.9 Å². The van der Waals surface area contributed by atoms with Gasteiger partial charge in [0.2, 0.25) is 5.91 Å². The fourth-order valence-electron chi connectivity index (χ4n) is 2.62. The number of likely N-dealkylation sites (tertiary alicyclic amines) is 2. The number of quaternary nitrogens is 1. The number of nitrogens with two attached hydrogens (primary N) is 1. The van der Waals surface area contributed by atoms with Gasteiger partial charge in [-0.15, -0.1) is 0 Å². The Labute approximate surface area is 91.4 Å². The maximum atomic E-state index is 12.0. The van der Waals surface area contributed by atoms with E-state index in [0.29, 0.717) is 5.92 Å². The first-order valence-corrected chi connectivity index (χ1v) is 5.89. The van der Waals surface area contributed by atoms with Gasteiger partial charge in [-0.1, -0.05) is 0 Å². The molecule has 2 saturated heterocycles. The largest absolute Gasteiger partial charge is 0.468 e. The quantitative estimate of drug-likeness (QED) is 0.554. The van der Waals surface area contributed by atoms with Crippen molar-refractivity contribution in [1.82, 2.24) is 4.90 Å². The van der Waals surface area contributed by atoms with Gasteiger partial charge in [0.05, 0.1) is 19.1 Å². The monoisotopic (exact) mass is 211 g/mol. The molecule has 2 rings (SSSR count). The predicted octanol–water partition coefficient (Wildman–Crippen LogP) is -1.37. The number of amides is 1. The van der Waals surface area contributed by atoms with Crippen molar-refractivity contribution in [3.8, 4) is 0 Å². The van der Waals surface area contributed by atoms with Crippen LogP contribution in [0.2, 0.25) is 0 Å². The van der Waals surface area contributed by atoms with Crippen molar-refractivity contribution in [2.45, 2.75) is 25.3 Å². The molecular weight excluding hydrogens is 190 g/mol. The minimum atomic E-state index is -0.289. The minimum absolute atomic E-state index is 0.159. The molecule has 1 amide bonds. The molecule has 2 aliphatic heterocycles. The van der Waals surface area contributed by atoms with Gasteiger partial charge >= 0.3 is 0 Å². The van der Waals surface area contributed by atoms with Crippen molar-refractivity contribution in [2.75, 3.05) is 26.2 Å². The van der Waals surface area contributed by atoms with Gasteiger partial charge < -0.3 is 15.5 Å². The normalized spacial score (nSPS) is 33.3. The Balaban J connectivity index is 1.89. The van der Waals surface area contributed by atoms with E-state index in [1.807, 2.05) is 4.90 Å². The van der Waals surface area contributed by atoms with E-state index >= 15 is 0 Å². The highest BCUT2D eigenvalue weighted by molar-refractivity contribution is 5.82. The summed E-state index contributed by atoms with van der Waals surface area (Å²) in [6.07, 6.45) is 3.31. The topological polar surface area (TPSA) is 50.8 Å². The smallest absolute Gasteiger partial charge is 0.240 e. The molecule has 4 heteroatoms. The Kier molecular flexibility index (Phi) is 3.26. The molecule has 3 N–H and O–H groups in total. The molecule has 3 unspecified atom stereocenters. The molecule has 0 radical (unpaired) electrons. The van der Waals surface area contributed by atoms with Gasteiger partial charge in [0, 0.05) is 25.4 Å². The molecule has 0 bridgehead atoms. The van der Waals surface area contributed by atoms with Crippen molar-refractivity contribution >= 4 is 5.91 Å². The Morgan fingerprint density at radius 1 is 1.47 bits per heavy atom. The second-order valence-electron chi connectivity index (χ2n) is 4.81. The third-order valence-corrected chi connectivity index (χ3v) is 3.63. The van der Waals surface area contributed by atoms with Crippen molar-refractivity contribution in [3.63, 3.8) is 0 Å². The van der Waals surface area contributed by atoms with Crippen LogP contribution in [0.3, 0.4) is 0 Å². The number of carbonyl (C=O) groups is 1. The zero-order chi connectivity index (χ0) is 10.8. The van der Waals surface area contributed by atoms with Crippen LogP contribution in [0.5, 0.6) is 0 Å². The number of hydrogen-bond acceptors (Lipinski definition) is 2.